The fourth-order valence-electron chi connectivity index (χ4n) is 1.43. The topological polar surface area (TPSA) is 92.3 Å². The first-order valence-electron chi connectivity index (χ1n) is 5.96. The molecule has 0 radical (unpaired) electrons. The Balaban J connectivity index is 2.67. The molecule has 0 atom stereocenters. The third-order valence-electron chi connectivity index (χ3n) is 2.22. The Morgan fingerprint density at radius 3 is 2.79 bits per heavy atom. The standard InChI is InChI=1S/C12H18N2O4S/c1-7(2)6-18-4-5-19-10-9(11(15)16)8(3)13-12(17)14-10/h7H,4-6H2,1-3H3,(H,15,16)(H,13,14,17). The number of carboxylic acid groups (broad SMARTS) is 1. The molecule has 6 nitrogen and oxygen atoms in total. The van der Waals surface area contributed by atoms with Crippen LogP contribution in [0, 0.1) is 12.8 Å². The first-order valence-corrected chi connectivity index (χ1v) is 6.95. The Morgan fingerprint density at radius 2 is 2.21 bits per heavy atom. The molecule has 0 amide bonds. The van der Waals surface area contributed by atoms with Crippen molar-refractivity contribution in [1.82, 2.24) is 9.97 Å². The SMILES string of the molecule is Cc1[nH]c(=O)nc(SCCOCC(C)C)c1C(=O)O. The lowest BCUT2D eigenvalue weighted by molar-refractivity contribution is 0.0690. The van der Waals surface area contributed by atoms with Gasteiger partial charge in [0.1, 0.15) is 10.6 Å². The van der Waals surface area contributed by atoms with Gasteiger partial charge < -0.3 is 14.8 Å². The Bertz CT molecular complexity index is 499. The van der Waals surface area contributed by atoms with E-state index in [4.69, 9.17) is 9.84 Å². The van der Waals surface area contributed by atoms with E-state index in [9.17, 15) is 9.59 Å². The lowest BCUT2D eigenvalue weighted by atomic mass is 10.2. The lowest BCUT2D eigenvalue weighted by Gasteiger charge is -2.08. The third-order valence-corrected chi connectivity index (χ3v) is 3.16. The molecule has 0 saturated heterocycles. The van der Waals surface area contributed by atoms with E-state index >= 15 is 0 Å². The summed E-state index contributed by atoms with van der Waals surface area (Å²) in [4.78, 5) is 28.5. The molecule has 2 N–H and O–H groups in total. The van der Waals surface area contributed by atoms with Gasteiger partial charge in [-0.1, -0.05) is 13.8 Å². The predicted octanol–water partition coefficient (Wildman–Crippen LogP) is 1.54. The minimum Gasteiger partial charge on any atom is -0.478 e. The monoisotopic (exact) mass is 286 g/mol. The maximum absolute atomic E-state index is 11.3. The molecule has 0 spiro atoms. The van der Waals surface area contributed by atoms with Gasteiger partial charge in [-0.05, 0) is 12.8 Å². The van der Waals surface area contributed by atoms with Crippen molar-refractivity contribution in [3.8, 4) is 0 Å². The second-order valence-electron chi connectivity index (χ2n) is 4.47. The van der Waals surface area contributed by atoms with Crippen LogP contribution >= 0.6 is 11.8 Å². The van der Waals surface area contributed by atoms with Gasteiger partial charge in [-0.25, -0.2) is 9.59 Å². The van der Waals surface area contributed by atoms with Crippen LogP contribution in [0.2, 0.25) is 0 Å². The molecular weight excluding hydrogens is 268 g/mol. The molecule has 0 aliphatic rings. The number of H-pyrrole nitrogens is 1. The van der Waals surface area contributed by atoms with Crippen molar-refractivity contribution >= 4 is 17.7 Å². The average Bonchev–Trinajstić information content (AvgIpc) is 2.26. The van der Waals surface area contributed by atoms with Crippen LogP contribution in [-0.4, -0.2) is 40.0 Å². The van der Waals surface area contributed by atoms with E-state index in [0.717, 1.165) is 0 Å². The highest BCUT2D eigenvalue weighted by atomic mass is 32.2. The number of aromatic nitrogens is 2. The van der Waals surface area contributed by atoms with Gasteiger partial charge >= 0.3 is 11.7 Å². The van der Waals surface area contributed by atoms with Crippen LogP contribution < -0.4 is 5.69 Å². The highest BCUT2D eigenvalue weighted by molar-refractivity contribution is 7.99. The maximum Gasteiger partial charge on any atom is 0.346 e. The molecule has 0 unspecified atom stereocenters. The van der Waals surface area contributed by atoms with Gasteiger partial charge in [0.15, 0.2) is 0 Å². The van der Waals surface area contributed by atoms with E-state index in [2.05, 4.69) is 23.8 Å². The second kappa shape index (κ2) is 7.30. The van der Waals surface area contributed by atoms with Gasteiger partial charge in [0.05, 0.1) is 6.61 Å². The van der Waals surface area contributed by atoms with Crippen molar-refractivity contribution in [3.63, 3.8) is 0 Å². The molecule has 0 aromatic carbocycles. The van der Waals surface area contributed by atoms with E-state index in [0.29, 0.717) is 30.6 Å². The number of nitrogens with zero attached hydrogens (tertiary/aromatic N) is 1. The zero-order chi connectivity index (χ0) is 14.4. The molecule has 1 rings (SSSR count). The van der Waals surface area contributed by atoms with Crippen LogP contribution in [0.1, 0.15) is 29.9 Å². The minimum atomic E-state index is -1.09. The summed E-state index contributed by atoms with van der Waals surface area (Å²) in [5.74, 6) is -0.0746. The summed E-state index contributed by atoms with van der Waals surface area (Å²) in [5.41, 5.74) is -0.167. The first-order chi connectivity index (χ1) is 8.91. The van der Waals surface area contributed by atoms with E-state index in [1.165, 1.54) is 11.8 Å². The van der Waals surface area contributed by atoms with Crippen LogP contribution in [-0.2, 0) is 4.74 Å². The Hall–Kier alpha value is -1.34. The van der Waals surface area contributed by atoms with Gasteiger partial charge in [-0.15, -0.1) is 11.8 Å². The maximum atomic E-state index is 11.3. The number of aromatic amines is 1. The number of aryl methyl sites for hydroxylation is 1. The molecular formula is C12H18N2O4S. The highest BCUT2D eigenvalue weighted by Gasteiger charge is 2.16. The molecule has 1 aromatic rings. The number of ether oxygens (including phenoxy) is 1. The van der Waals surface area contributed by atoms with Crippen LogP contribution in [0.25, 0.3) is 0 Å². The van der Waals surface area contributed by atoms with Crippen molar-refractivity contribution in [2.75, 3.05) is 19.0 Å². The van der Waals surface area contributed by atoms with E-state index in [1.54, 1.807) is 6.92 Å². The summed E-state index contributed by atoms with van der Waals surface area (Å²) in [6.07, 6.45) is 0. The van der Waals surface area contributed by atoms with Crippen LogP contribution in [0.3, 0.4) is 0 Å². The number of carboxylic acids is 1. The number of hydrogen-bond donors (Lipinski definition) is 2. The number of thioether (sulfide) groups is 1. The summed E-state index contributed by atoms with van der Waals surface area (Å²) >= 11 is 1.22. The van der Waals surface area contributed by atoms with E-state index in [-0.39, 0.29) is 10.6 Å². The molecule has 1 heterocycles. The van der Waals surface area contributed by atoms with E-state index in [1.807, 2.05) is 0 Å². The summed E-state index contributed by atoms with van der Waals surface area (Å²) in [6.45, 7) is 6.81. The first kappa shape index (κ1) is 15.7. The number of carbonyl (C=O) groups is 1. The fourth-order valence-corrected chi connectivity index (χ4v) is 2.36. The molecule has 106 valence electrons. The normalized spacial score (nSPS) is 10.9. The lowest BCUT2D eigenvalue weighted by Crippen LogP contribution is -2.18. The minimum absolute atomic E-state index is 0.0495. The van der Waals surface area contributed by atoms with Gasteiger partial charge in [-0.3, -0.25) is 0 Å². The van der Waals surface area contributed by atoms with Crippen molar-refractivity contribution in [3.05, 3.63) is 21.7 Å². The third kappa shape index (κ3) is 5.04. The molecule has 7 heteroatoms. The van der Waals surface area contributed by atoms with Crippen molar-refractivity contribution in [2.24, 2.45) is 5.92 Å². The number of hydrogen-bond acceptors (Lipinski definition) is 5. The quantitative estimate of drug-likeness (QED) is 0.449. The largest absolute Gasteiger partial charge is 0.478 e. The van der Waals surface area contributed by atoms with E-state index < -0.39 is 11.7 Å². The van der Waals surface area contributed by atoms with Crippen molar-refractivity contribution < 1.29 is 14.6 Å². The number of aromatic carboxylic acids is 1. The average molecular weight is 286 g/mol. The Kier molecular flexibility index (Phi) is 6.04. The number of rotatable bonds is 7. The van der Waals surface area contributed by atoms with Crippen LogP contribution in [0.4, 0.5) is 0 Å². The Morgan fingerprint density at radius 1 is 1.53 bits per heavy atom. The van der Waals surface area contributed by atoms with Gasteiger partial charge in [0.25, 0.3) is 0 Å². The predicted molar refractivity (Wildman–Crippen MR) is 72.9 cm³/mol. The van der Waals surface area contributed by atoms with Crippen molar-refractivity contribution in [1.29, 1.82) is 0 Å². The fraction of sp³-hybridized carbons (Fsp3) is 0.583. The summed E-state index contributed by atoms with van der Waals surface area (Å²) < 4.78 is 5.40. The van der Waals surface area contributed by atoms with Gasteiger partial charge in [-0.2, -0.15) is 4.98 Å². The Labute approximate surface area is 115 Å². The zero-order valence-corrected chi connectivity index (χ0v) is 12.0. The second-order valence-corrected chi connectivity index (χ2v) is 5.55. The summed E-state index contributed by atoms with van der Waals surface area (Å²) in [5, 5.41) is 9.34. The smallest absolute Gasteiger partial charge is 0.346 e. The van der Waals surface area contributed by atoms with Crippen LogP contribution in [0.5, 0.6) is 0 Å². The van der Waals surface area contributed by atoms with Gasteiger partial charge in [0, 0.05) is 18.1 Å². The van der Waals surface area contributed by atoms with Crippen molar-refractivity contribution in [2.45, 2.75) is 25.8 Å². The zero-order valence-electron chi connectivity index (χ0n) is 11.2. The molecule has 0 bridgehead atoms. The van der Waals surface area contributed by atoms with Crippen LogP contribution in [0.15, 0.2) is 9.82 Å². The summed E-state index contributed by atoms with van der Waals surface area (Å²) in [6, 6.07) is 0. The molecule has 0 saturated carbocycles. The molecule has 1 aromatic heterocycles. The number of nitrogens with one attached hydrogen (secondary N) is 1. The van der Waals surface area contributed by atoms with Gasteiger partial charge in [0.2, 0.25) is 0 Å². The highest BCUT2D eigenvalue weighted by Crippen LogP contribution is 2.20. The molecule has 19 heavy (non-hydrogen) atoms. The molecule has 0 aliphatic heterocycles. The summed E-state index contributed by atoms with van der Waals surface area (Å²) in [7, 11) is 0. The molecule has 0 aliphatic carbocycles. The molecule has 0 fully saturated rings.